The summed E-state index contributed by atoms with van der Waals surface area (Å²) >= 11 is 9.27. The minimum atomic E-state index is -0.0294. The maximum atomic E-state index is 12.3. The van der Waals surface area contributed by atoms with Crippen molar-refractivity contribution in [3.8, 4) is 0 Å². The van der Waals surface area contributed by atoms with E-state index in [1.54, 1.807) is 12.3 Å². The van der Waals surface area contributed by atoms with Crippen molar-refractivity contribution in [1.29, 1.82) is 0 Å². The number of amides is 1. The summed E-state index contributed by atoms with van der Waals surface area (Å²) in [5.41, 5.74) is 0.476. The van der Waals surface area contributed by atoms with Crippen molar-refractivity contribution in [3.63, 3.8) is 0 Å². The molecule has 0 aliphatic heterocycles. The molecule has 1 aromatic heterocycles. The van der Waals surface area contributed by atoms with Crippen LogP contribution in [0.5, 0.6) is 0 Å². The molecule has 1 fully saturated rings. The van der Waals surface area contributed by atoms with Gasteiger partial charge in [0.25, 0.3) is 5.91 Å². The van der Waals surface area contributed by atoms with Crippen LogP contribution in [0.1, 0.15) is 30.1 Å². The maximum absolute atomic E-state index is 12.3. The fourth-order valence-corrected chi connectivity index (χ4v) is 2.23. The topological polar surface area (TPSA) is 33.2 Å². The van der Waals surface area contributed by atoms with E-state index in [-0.39, 0.29) is 11.1 Å². The number of aromatic nitrogens is 1. The smallest absolute Gasteiger partial charge is 0.257 e. The first-order valence-electron chi connectivity index (χ1n) is 5.72. The number of hydrogen-bond acceptors (Lipinski definition) is 2. The summed E-state index contributed by atoms with van der Waals surface area (Å²) in [7, 11) is 0. The van der Waals surface area contributed by atoms with E-state index >= 15 is 0 Å². The molecule has 1 aliphatic carbocycles. The number of rotatable bonds is 4. The molecule has 92 valence electrons. The summed E-state index contributed by atoms with van der Waals surface area (Å²) in [6.07, 6.45) is 4.05. The lowest BCUT2D eigenvalue weighted by Crippen LogP contribution is -2.33. The lowest BCUT2D eigenvalue weighted by Gasteiger charge is -2.21. The number of carbonyl (C=O) groups is 1. The molecule has 1 heterocycles. The molecular weight excluding hydrogens is 304 g/mol. The Bertz CT molecular complexity index is 435. The van der Waals surface area contributed by atoms with Crippen LogP contribution >= 0.6 is 27.5 Å². The highest BCUT2D eigenvalue weighted by atomic mass is 79.9. The van der Waals surface area contributed by atoms with E-state index in [2.05, 4.69) is 20.9 Å². The molecular formula is C12H14BrClN2O. The van der Waals surface area contributed by atoms with Crippen molar-refractivity contribution in [3.05, 3.63) is 27.5 Å². The Morgan fingerprint density at radius 3 is 2.94 bits per heavy atom. The van der Waals surface area contributed by atoms with Crippen molar-refractivity contribution >= 4 is 33.4 Å². The molecule has 0 saturated heterocycles. The van der Waals surface area contributed by atoms with Gasteiger partial charge in [-0.3, -0.25) is 4.79 Å². The van der Waals surface area contributed by atoms with E-state index in [1.807, 2.05) is 11.8 Å². The molecule has 1 aliphatic rings. The van der Waals surface area contributed by atoms with Crippen LogP contribution in [0.3, 0.4) is 0 Å². The Morgan fingerprint density at radius 1 is 1.65 bits per heavy atom. The Hall–Kier alpha value is -0.610. The van der Waals surface area contributed by atoms with Crippen molar-refractivity contribution < 1.29 is 4.79 Å². The number of halogens is 2. The van der Waals surface area contributed by atoms with E-state index in [1.165, 1.54) is 12.8 Å². The lowest BCUT2D eigenvalue weighted by atomic mass is 10.2. The van der Waals surface area contributed by atoms with Crippen molar-refractivity contribution in [1.82, 2.24) is 9.88 Å². The first-order chi connectivity index (χ1) is 8.11. The molecule has 5 heteroatoms. The van der Waals surface area contributed by atoms with Crippen LogP contribution < -0.4 is 0 Å². The van der Waals surface area contributed by atoms with Crippen molar-refractivity contribution in [2.75, 3.05) is 13.1 Å². The number of pyridine rings is 1. The molecule has 1 amide bonds. The third kappa shape index (κ3) is 3.19. The lowest BCUT2D eigenvalue weighted by molar-refractivity contribution is 0.0756. The summed E-state index contributed by atoms with van der Waals surface area (Å²) in [6, 6.07) is 1.73. The minimum absolute atomic E-state index is 0.0294. The third-order valence-electron chi connectivity index (χ3n) is 2.88. The zero-order valence-electron chi connectivity index (χ0n) is 9.62. The van der Waals surface area contributed by atoms with Crippen LogP contribution in [0.15, 0.2) is 16.7 Å². The Labute approximate surface area is 114 Å². The largest absolute Gasteiger partial charge is 0.339 e. The first-order valence-corrected chi connectivity index (χ1v) is 6.89. The summed E-state index contributed by atoms with van der Waals surface area (Å²) in [5.74, 6) is 0.649. The number of carbonyl (C=O) groups excluding carboxylic acids is 1. The van der Waals surface area contributed by atoms with Gasteiger partial charge in [0, 0.05) is 23.8 Å². The van der Waals surface area contributed by atoms with Gasteiger partial charge in [-0.25, -0.2) is 4.98 Å². The van der Waals surface area contributed by atoms with Gasteiger partial charge in [-0.1, -0.05) is 11.6 Å². The maximum Gasteiger partial charge on any atom is 0.257 e. The summed E-state index contributed by atoms with van der Waals surface area (Å²) in [5, 5.41) is 0.271. The SMILES string of the molecule is CCN(CC1CC1)C(=O)c1cc(Br)cnc1Cl. The molecule has 0 atom stereocenters. The Morgan fingerprint density at radius 2 is 2.35 bits per heavy atom. The second-order valence-corrected chi connectivity index (χ2v) is 5.55. The average molecular weight is 318 g/mol. The molecule has 0 bridgehead atoms. The zero-order chi connectivity index (χ0) is 12.4. The van der Waals surface area contributed by atoms with E-state index in [9.17, 15) is 4.79 Å². The van der Waals surface area contributed by atoms with E-state index < -0.39 is 0 Å². The fraction of sp³-hybridized carbons (Fsp3) is 0.500. The van der Waals surface area contributed by atoms with E-state index in [0.29, 0.717) is 18.0 Å². The van der Waals surface area contributed by atoms with Gasteiger partial charge < -0.3 is 4.90 Å². The molecule has 2 rings (SSSR count). The number of hydrogen-bond donors (Lipinski definition) is 0. The molecule has 0 radical (unpaired) electrons. The predicted octanol–water partition coefficient (Wildman–Crippen LogP) is 3.37. The van der Waals surface area contributed by atoms with Crippen LogP contribution in [-0.4, -0.2) is 28.9 Å². The average Bonchev–Trinajstić information content (AvgIpc) is 3.12. The molecule has 0 aromatic carbocycles. The molecule has 0 unspecified atom stereocenters. The van der Waals surface area contributed by atoms with Gasteiger partial charge in [0.1, 0.15) is 5.15 Å². The second-order valence-electron chi connectivity index (χ2n) is 4.28. The Kier molecular flexibility index (Phi) is 4.05. The molecule has 0 N–H and O–H groups in total. The third-order valence-corrected chi connectivity index (χ3v) is 3.62. The van der Waals surface area contributed by atoms with Gasteiger partial charge in [-0.05, 0) is 47.7 Å². The first kappa shape index (κ1) is 12.8. The van der Waals surface area contributed by atoms with Crippen LogP contribution in [0.2, 0.25) is 5.15 Å². The van der Waals surface area contributed by atoms with E-state index in [4.69, 9.17) is 11.6 Å². The standard InChI is InChI=1S/C12H14BrClN2O/c1-2-16(7-8-3-4-8)12(17)10-5-9(13)6-15-11(10)14/h5-6,8H,2-4,7H2,1H3. The summed E-state index contributed by atoms with van der Waals surface area (Å²) in [6.45, 7) is 3.52. The van der Waals surface area contributed by atoms with Gasteiger partial charge >= 0.3 is 0 Å². The molecule has 1 aromatic rings. The highest BCUT2D eigenvalue weighted by Gasteiger charge is 2.27. The summed E-state index contributed by atoms with van der Waals surface area (Å²) in [4.78, 5) is 18.1. The second kappa shape index (κ2) is 5.36. The van der Waals surface area contributed by atoms with Gasteiger partial charge in [0.05, 0.1) is 5.56 Å². The summed E-state index contributed by atoms with van der Waals surface area (Å²) < 4.78 is 0.771. The van der Waals surface area contributed by atoms with Crippen LogP contribution in [-0.2, 0) is 0 Å². The van der Waals surface area contributed by atoms with Gasteiger partial charge in [0.15, 0.2) is 0 Å². The normalized spacial score (nSPS) is 14.8. The predicted molar refractivity (Wildman–Crippen MR) is 71.2 cm³/mol. The minimum Gasteiger partial charge on any atom is -0.339 e. The van der Waals surface area contributed by atoms with Gasteiger partial charge in [-0.2, -0.15) is 0 Å². The van der Waals surface area contributed by atoms with Crippen LogP contribution in [0.25, 0.3) is 0 Å². The van der Waals surface area contributed by atoms with Gasteiger partial charge in [0.2, 0.25) is 0 Å². The monoisotopic (exact) mass is 316 g/mol. The van der Waals surface area contributed by atoms with Gasteiger partial charge in [-0.15, -0.1) is 0 Å². The van der Waals surface area contributed by atoms with Crippen molar-refractivity contribution in [2.45, 2.75) is 19.8 Å². The highest BCUT2D eigenvalue weighted by Crippen LogP contribution is 2.30. The van der Waals surface area contributed by atoms with Crippen LogP contribution in [0.4, 0.5) is 0 Å². The molecule has 0 spiro atoms. The molecule has 1 saturated carbocycles. The molecule has 3 nitrogen and oxygen atoms in total. The Balaban J connectivity index is 2.18. The number of nitrogens with zero attached hydrogens (tertiary/aromatic N) is 2. The van der Waals surface area contributed by atoms with Crippen LogP contribution in [0, 0.1) is 5.92 Å². The fourth-order valence-electron chi connectivity index (χ4n) is 1.71. The van der Waals surface area contributed by atoms with E-state index in [0.717, 1.165) is 11.0 Å². The zero-order valence-corrected chi connectivity index (χ0v) is 12.0. The van der Waals surface area contributed by atoms with Crippen molar-refractivity contribution in [2.24, 2.45) is 5.92 Å². The highest BCUT2D eigenvalue weighted by molar-refractivity contribution is 9.10. The molecule has 17 heavy (non-hydrogen) atoms. The quantitative estimate of drug-likeness (QED) is 0.798.